The monoisotopic (exact) mass is 276 g/mol. The van der Waals surface area contributed by atoms with Crippen molar-refractivity contribution >= 4 is 16.6 Å². The van der Waals surface area contributed by atoms with E-state index < -0.39 is 0 Å². The zero-order valence-corrected chi connectivity index (χ0v) is 12.3. The summed E-state index contributed by atoms with van der Waals surface area (Å²) in [6.45, 7) is 2.69. The van der Waals surface area contributed by atoms with Crippen LogP contribution in [-0.4, -0.2) is 39.0 Å². The summed E-state index contributed by atoms with van der Waals surface area (Å²) in [5.41, 5.74) is 0. The molecule has 1 N–H and O–H groups in total. The van der Waals surface area contributed by atoms with Crippen LogP contribution in [0.4, 0.5) is 5.82 Å². The molecule has 1 atom stereocenters. The molecule has 1 aromatic carbocycles. The maximum atomic E-state index is 5.34. The Kier molecular flexibility index (Phi) is 4.63. The van der Waals surface area contributed by atoms with Crippen LogP contribution in [0.2, 0.25) is 0 Å². The van der Waals surface area contributed by atoms with Gasteiger partial charge in [-0.3, -0.25) is 0 Å². The second-order valence-corrected chi connectivity index (χ2v) is 4.52. The van der Waals surface area contributed by atoms with Crippen LogP contribution in [-0.2, 0) is 4.74 Å². The predicted molar refractivity (Wildman–Crippen MR) is 79.8 cm³/mol. The van der Waals surface area contributed by atoms with Crippen LogP contribution in [0.1, 0.15) is 6.92 Å². The summed E-state index contributed by atoms with van der Waals surface area (Å²) in [5, 5.41) is 5.34. The maximum absolute atomic E-state index is 5.34. The summed E-state index contributed by atoms with van der Waals surface area (Å²) >= 11 is 0. The fourth-order valence-electron chi connectivity index (χ4n) is 1.96. The second kappa shape index (κ2) is 6.43. The summed E-state index contributed by atoms with van der Waals surface area (Å²) in [7, 11) is 4.95. The Bertz CT molecular complexity index is 587. The number of aromatic nitrogens is 1. The van der Waals surface area contributed by atoms with Crippen LogP contribution in [0.3, 0.4) is 0 Å². The Labute approximate surface area is 118 Å². The lowest BCUT2D eigenvalue weighted by Crippen LogP contribution is -2.18. The largest absolute Gasteiger partial charge is 0.493 e. The van der Waals surface area contributed by atoms with E-state index in [1.165, 1.54) is 0 Å². The number of nitrogens with one attached hydrogen (secondary N) is 1. The highest BCUT2D eigenvalue weighted by Gasteiger charge is 2.10. The molecule has 0 aliphatic carbocycles. The van der Waals surface area contributed by atoms with Crippen molar-refractivity contribution in [1.29, 1.82) is 0 Å². The molecule has 0 saturated heterocycles. The third-order valence-corrected chi connectivity index (χ3v) is 3.23. The number of methoxy groups -OCH3 is 3. The molecule has 1 aromatic heterocycles. The first-order valence-corrected chi connectivity index (χ1v) is 6.47. The Morgan fingerprint density at radius 1 is 1.15 bits per heavy atom. The van der Waals surface area contributed by atoms with Crippen molar-refractivity contribution in [3.05, 3.63) is 24.4 Å². The number of ether oxygens (including phenoxy) is 3. The number of hydrogen-bond acceptors (Lipinski definition) is 5. The van der Waals surface area contributed by atoms with Gasteiger partial charge >= 0.3 is 0 Å². The van der Waals surface area contributed by atoms with Crippen molar-refractivity contribution in [3.63, 3.8) is 0 Å². The molecule has 0 spiro atoms. The first-order valence-electron chi connectivity index (χ1n) is 6.47. The molecule has 0 bridgehead atoms. The molecular weight excluding hydrogens is 256 g/mol. The van der Waals surface area contributed by atoms with Crippen molar-refractivity contribution in [3.8, 4) is 11.5 Å². The Balaban J connectivity index is 2.40. The number of anilines is 1. The smallest absolute Gasteiger partial charge is 0.161 e. The van der Waals surface area contributed by atoms with Gasteiger partial charge in [0.25, 0.3) is 0 Å². The molecular formula is C15H20N2O3. The van der Waals surface area contributed by atoms with E-state index in [-0.39, 0.29) is 6.10 Å². The Morgan fingerprint density at radius 3 is 2.50 bits per heavy atom. The molecule has 0 amide bonds. The molecule has 5 nitrogen and oxygen atoms in total. The average Bonchev–Trinajstić information content (AvgIpc) is 2.50. The molecule has 108 valence electrons. The summed E-state index contributed by atoms with van der Waals surface area (Å²) in [6.07, 6.45) is 1.89. The van der Waals surface area contributed by atoms with Crippen LogP contribution < -0.4 is 14.8 Å². The van der Waals surface area contributed by atoms with Gasteiger partial charge in [-0.05, 0) is 30.5 Å². The molecule has 2 rings (SSSR count). The van der Waals surface area contributed by atoms with Crippen molar-refractivity contribution in [2.75, 3.05) is 33.2 Å². The standard InChI is InChI=1S/C15H20N2O3/c1-10(18-2)9-17-15-12-8-14(20-4)13(19-3)7-11(12)5-6-16-15/h5-8,10H,9H2,1-4H3,(H,16,17). The highest BCUT2D eigenvalue weighted by Crippen LogP contribution is 2.34. The molecule has 20 heavy (non-hydrogen) atoms. The quantitative estimate of drug-likeness (QED) is 0.879. The lowest BCUT2D eigenvalue weighted by atomic mass is 10.1. The van der Waals surface area contributed by atoms with Gasteiger partial charge in [0.1, 0.15) is 5.82 Å². The van der Waals surface area contributed by atoms with E-state index in [2.05, 4.69) is 10.3 Å². The van der Waals surface area contributed by atoms with Crippen molar-refractivity contribution < 1.29 is 14.2 Å². The number of nitrogens with zero attached hydrogens (tertiary/aromatic N) is 1. The molecule has 0 radical (unpaired) electrons. The summed E-state index contributed by atoms with van der Waals surface area (Å²) < 4.78 is 15.9. The van der Waals surface area contributed by atoms with E-state index in [4.69, 9.17) is 14.2 Å². The molecule has 0 saturated carbocycles. The fourth-order valence-corrected chi connectivity index (χ4v) is 1.96. The van der Waals surface area contributed by atoms with Gasteiger partial charge in [-0.15, -0.1) is 0 Å². The van der Waals surface area contributed by atoms with Crippen molar-refractivity contribution in [1.82, 2.24) is 4.98 Å². The second-order valence-electron chi connectivity index (χ2n) is 4.52. The number of fused-ring (bicyclic) bond motifs is 1. The van der Waals surface area contributed by atoms with Gasteiger partial charge in [-0.25, -0.2) is 4.98 Å². The number of benzene rings is 1. The third-order valence-electron chi connectivity index (χ3n) is 3.23. The molecule has 1 unspecified atom stereocenters. The van der Waals surface area contributed by atoms with E-state index in [0.717, 1.165) is 16.6 Å². The lowest BCUT2D eigenvalue weighted by molar-refractivity contribution is 0.128. The molecule has 5 heteroatoms. The van der Waals surface area contributed by atoms with Crippen molar-refractivity contribution in [2.45, 2.75) is 13.0 Å². The van der Waals surface area contributed by atoms with Gasteiger partial charge in [0.2, 0.25) is 0 Å². The zero-order chi connectivity index (χ0) is 14.5. The maximum Gasteiger partial charge on any atom is 0.161 e. The van der Waals surface area contributed by atoms with E-state index in [9.17, 15) is 0 Å². The van der Waals surface area contributed by atoms with Crippen LogP contribution >= 0.6 is 0 Å². The Morgan fingerprint density at radius 2 is 1.85 bits per heavy atom. The SMILES string of the molecule is COc1cc2ccnc(NCC(C)OC)c2cc1OC. The van der Waals surface area contributed by atoms with Gasteiger partial charge in [0, 0.05) is 25.2 Å². The number of hydrogen-bond donors (Lipinski definition) is 1. The molecule has 0 aliphatic heterocycles. The highest BCUT2D eigenvalue weighted by atomic mass is 16.5. The normalized spacial score (nSPS) is 12.2. The summed E-state index contributed by atoms with van der Waals surface area (Å²) in [6, 6.07) is 5.82. The van der Waals surface area contributed by atoms with Crippen LogP contribution in [0.5, 0.6) is 11.5 Å². The summed E-state index contributed by atoms with van der Waals surface area (Å²) in [5.74, 6) is 2.21. The van der Waals surface area contributed by atoms with E-state index in [1.54, 1.807) is 27.5 Å². The van der Waals surface area contributed by atoms with Crippen LogP contribution in [0.15, 0.2) is 24.4 Å². The third kappa shape index (κ3) is 2.93. The number of rotatable bonds is 6. The first-order chi connectivity index (χ1) is 9.69. The van der Waals surface area contributed by atoms with Gasteiger partial charge in [-0.1, -0.05) is 0 Å². The molecule has 0 aliphatic rings. The van der Waals surface area contributed by atoms with E-state index >= 15 is 0 Å². The molecule has 2 aromatic rings. The van der Waals surface area contributed by atoms with Gasteiger partial charge < -0.3 is 19.5 Å². The van der Waals surface area contributed by atoms with Gasteiger partial charge in [-0.2, -0.15) is 0 Å². The first kappa shape index (κ1) is 14.4. The van der Waals surface area contributed by atoms with Gasteiger partial charge in [0.15, 0.2) is 11.5 Å². The average molecular weight is 276 g/mol. The van der Waals surface area contributed by atoms with E-state index in [0.29, 0.717) is 18.0 Å². The molecule has 0 fully saturated rings. The van der Waals surface area contributed by atoms with Gasteiger partial charge in [0.05, 0.1) is 20.3 Å². The highest BCUT2D eigenvalue weighted by molar-refractivity contribution is 5.94. The lowest BCUT2D eigenvalue weighted by Gasteiger charge is -2.14. The van der Waals surface area contributed by atoms with Crippen LogP contribution in [0.25, 0.3) is 10.8 Å². The summed E-state index contributed by atoms with van der Waals surface area (Å²) in [4.78, 5) is 4.38. The minimum Gasteiger partial charge on any atom is -0.493 e. The fraction of sp³-hybridized carbons (Fsp3) is 0.400. The zero-order valence-electron chi connectivity index (χ0n) is 12.3. The minimum atomic E-state index is 0.118. The predicted octanol–water partition coefficient (Wildman–Crippen LogP) is 2.70. The Hall–Kier alpha value is -2.01. The molecule has 1 heterocycles. The van der Waals surface area contributed by atoms with E-state index in [1.807, 2.05) is 25.1 Å². The van der Waals surface area contributed by atoms with Crippen molar-refractivity contribution in [2.24, 2.45) is 0 Å². The van der Waals surface area contributed by atoms with Crippen LogP contribution in [0, 0.1) is 0 Å². The number of pyridine rings is 1. The topological polar surface area (TPSA) is 52.6 Å². The minimum absolute atomic E-state index is 0.118.